The Kier molecular flexibility index (Phi) is 4.18. The summed E-state index contributed by atoms with van der Waals surface area (Å²) in [6.07, 6.45) is 0.598. The lowest BCUT2D eigenvalue weighted by Gasteiger charge is -2.10. The smallest absolute Gasteiger partial charge is 0.250 e. The third kappa shape index (κ3) is 3.38. The number of nitrogens with zero attached hydrogens (tertiary/aromatic N) is 3. The molecule has 78 valence electrons. The van der Waals surface area contributed by atoms with Gasteiger partial charge in [-0.3, -0.25) is 0 Å². The zero-order valence-corrected chi connectivity index (χ0v) is 10.7. The van der Waals surface area contributed by atoms with Crippen molar-refractivity contribution in [3.8, 4) is 0 Å². The van der Waals surface area contributed by atoms with Crippen molar-refractivity contribution in [3.63, 3.8) is 0 Å². The van der Waals surface area contributed by atoms with Gasteiger partial charge in [-0.15, -0.1) is 0 Å². The van der Waals surface area contributed by atoms with Gasteiger partial charge in [-0.1, -0.05) is 50.7 Å². The third-order valence-electron chi connectivity index (χ3n) is 1.27. The van der Waals surface area contributed by atoms with Crippen molar-refractivity contribution in [2.45, 2.75) is 10.2 Å². The van der Waals surface area contributed by atoms with E-state index in [4.69, 9.17) is 40.5 Å². The zero-order valence-electron chi connectivity index (χ0n) is 6.85. The van der Waals surface area contributed by atoms with Crippen LogP contribution in [-0.4, -0.2) is 20.3 Å². The topological polar surface area (TPSA) is 64.7 Å². The lowest BCUT2D eigenvalue weighted by atomic mass is 10.4. The van der Waals surface area contributed by atoms with Crippen molar-refractivity contribution in [1.29, 1.82) is 0 Å². The number of alkyl halides is 4. The quantitative estimate of drug-likeness (QED) is 0.849. The van der Waals surface area contributed by atoms with Gasteiger partial charge in [0, 0.05) is 11.8 Å². The number of anilines is 1. The molecule has 4 nitrogen and oxygen atoms in total. The summed E-state index contributed by atoms with van der Waals surface area (Å²) >= 11 is 20.1. The molecular weight excluding hydrogens is 314 g/mol. The Morgan fingerprint density at radius 1 is 1.21 bits per heavy atom. The Morgan fingerprint density at radius 3 is 2.36 bits per heavy atom. The van der Waals surface area contributed by atoms with Gasteiger partial charge in [-0.05, 0) is 0 Å². The van der Waals surface area contributed by atoms with Gasteiger partial charge in [0.15, 0.2) is 5.82 Å². The van der Waals surface area contributed by atoms with E-state index in [1.807, 2.05) is 0 Å². The van der Waals surface area contributed by atoms with Crippen molar-refractivity contribution < 1.29 is 0 Å². The van der Waals surface area contributed by atoms with Crippen LogP contribution in [0.25, 0.3) is 0 Å². The Bertz CT molecular complexity index is 327. The van der Waals surface area contributed by atoms with E-state index in [1.165, 1.54) is 0 Å². The number of aryl methyl sites for hydroxylation is 1. The Balaban J connectivity index is 3.07. The largest absolute Gasteiger partial charge is 0.368 e. The van der Waals surface area contributed by atoms with Crippen LogP contribution in [0.2, 0.25) is 0 Å². The summed E-state index contributed by atoms with van der Waals surface area (Å²) in [6.45, 7) is 0. The summed E-state index contributed by atoms with van der Waals surface area (Å²) in [4.78, 5) is 11.6. The normalized spacial score (nSPS) is 11.7. The minimum Gasteiger partial charge on any atom is -0.368 e. The van der Waals surface area contributed by atoms with Crippen molar-refractivity contribution in [2.75, 3.05) is 11.1 Å². The number of aromatic nitrogens is 3. The molecule has 0 amide bonds. The third-order valence-corrected chi connectivity index (χ3v) is 2.17. The van der Waals surface area contributed by atoms with E-state index in [9.17, 15) is 0 Å². The summed E-state index contributed by atoms with van der Waals surface area (Å²) in [5.74, 6) is 0.596. The van der Waals surface area contributed by atoms with Crippen molar-refractivity contribution >= 4 is 56.7 Å². The Labute approximate surface area is 104 Å². The monoisotopic (exact) mass is 318 g/mol. The first-order chi connectivity index (χ1) is 6.43. The van der Waals surface area contributed by atoms with E-state index in [2.05, 4.69) is 30.9 Å². The van der Waals surface area contributed by atoms with Crippen LogP contribution >= 0.6 is 50.7 Å². The highest BCUT2D eigenvalue weighted by molar-refractivity contribution is 9.09. The number of nitrogens with two attached hydrogens (primary N) is 1. The van der Waals surface area contributed by atoms with Gasteiger partial charge in [0.2, 0.25) is 9.74 Å². The van der Waals surface area contributed by atoms with Crippen molar-refractivity contribution in [3.05, 3.63) is 11.6 Å². The van der Waals surface area contributed by atoms with Crippen LogP contribution < -0.4 is 5.73 Å². The molecule has 14 heavy (non-hydrogen) atoms. The van der Waals surface area contributed by atoms with Crippen molar-refractivity contribution in [2.24, 2.45) is 0 Å². The number of nitrogen functional groups attached to an aromatic ring is 1. The maximum atomic E-state index is 5.61. The van der Waals surface area contributed by atoms with E-state index in [-0.39, 0.29) is 11.8 Å². The molecule has 0 saturated heterocycles. The maximum Gasteiger partial charge on any atom is 0.250 e. The molecule has 0 aliphatic rings. The molecule has 0 radical (unpaired) electrons. The van der Waals surface area contributed by atoms with Crippen LogP contribution in [0.3, 0.4) is 0 Å². The first-order valence-electron chi connectivity index (χ1n) is 3.57. The molecule has 0 fully saturated rings. The molecule has 8 heteroatoms. The number of halogens is 4. The molecule has 1 heterocycles. The van der Waals surface area contributed by atoms with Crippen LogP contribution in [0, 0.1) is 0 Å². The molecule has 0 aliphatic heterocycles. The number of hydrogen-bond donors (Lipinski definition) is 1. The zero-order chi connectivity index (χ0) is 10.8. The van der Waals surface area contributed by atoms with Crippen LogP contribution in [-0.2, 0) is 10.2 Å². The highest BCUT2D eigenvalue weighted by Gasteiger charge is 2.27. The molecule has 0 aromatic carbocycles. The fourth-order valence-corrected chi connectivity index (χ4v) is 1.37. The average molecular weight is 320 g/mol. The first-order valence-corrected chi connectivity index (χ1v) is 5.82. The molecule has 2 N–H and O–H groups in total. The predicted octanol–water partition coefficient (Wildman–Crippen LogP) is 2.22. The summed E-state index contributed by atoms with van der Waals surface area (Å²) in [6, 6.07) is 0. The SMILES string of the molecule is Nc1nc(CCBr)nc(C(Cl)(Cl)Cl)n1. The molecule has 0 atom stereocenters. The van der Waals surface area contributed by atoms with Crippen LogP contribution in [0.4, 0.5) is 5.95 Å². The van der Waals surface area contributed by atoms with Crippen LogP contribution in [0.5, 0.6) is 0 Å². The second kappa shape index (κ2) is 4.79. The summed E-state index contributed by atoms with van der Waals surface area (Å²) in [5, 5.41) is 0.704. The lowest BCUT2D eigenvalue weighted by molar-refractivity contribution is 0.849. The standard InChI is InChI=1S/C6H6BrCl3N4/c7-2-1-3-12-4(6(8,9)10)14-5(11)13-3/h1-2H2,(H2,11,12,13,14). The van der Waals surface area contributed by atoms with Gasteiger partial charge in [0.05, 0.1) is 0 Å². The van der Waals surface area contributed by atoms with Gasteiger partial charge < -0.3 is 5.73 Å². The van der Waals surface area contributed by atoms with Gasteiger partial charge in [-0.25, -0.2) is 4.98 Å². The molecule has 0 bridgehead atoms. The molecule has 0 spiro atoms. The van der Waals surface area contributed by atoms with Gasteiger partial charge >= 0.3 is 0 Å². The van der Waals surface area contributed by atoms with Crippen molar-refractivity contribution in [1.82, 2.24) is 15.0 Å². The van der Waals surface area contributed by atoms with Crippen LogP contribution in [0.1, 0.15) is 11.6 Å². The van der Waals surface area contributed by atoms with E-state index >= 15 is 0 Å². The second-order valence-electron chi connectivity index (χ2n) is 2.37. The summed E-state index contributed by atoms with van der Waals surface area (Å²) < 4.78 is -1.67. The second-order valence-corrected chi connectivity index (χ2v) is 5.44. The molecule has 0 saturated carbocycles. The minimum absolute atomic E-state index is 0.0472. The summed E-state index contributed by atoms with van der Waals surface area (Å²) in [7, 11) is 0. The molecule has 1 aromatic heterocycles. The molecule has 0 aliphatic carbocycles. The number of hydrogen-bond acceptors (Lipinski definition) is 4. The lowest BCUT2D eigenvalue weighted by Crippen LogP contribution is -2.13. The van der Waals surface area contributed by atoms with E-state index in [0.29, 0.717) is 17.6 Å². The van der Waals surface area contributed by atoms with E-state index < -0.39 is 3.79 Å². The van der Waals surface area contributed by atoms with Gasteiger partial charge in [0.1, 0.15) is 5.82 Å². The number of rotatable bonds is 2. The molecule has 0 unspecified atom stereocenters. The molecular formula is C6H6BrCl3N4. The van der Waals surface area contributed by atoms with Gasteiger partial charge in [0.25, 0.3) is 0 Å². The fraction of sp³-hybridized carbons (Fsp3) is 0.500. The Hall–Kier alpha value is 0.160. The Morgan fingerprint density at radius 2 is 1.86 bits per heavy atom. The van der Waals surface area contributed by atoms with Gasteiger partial charge in [-0.2, -0.15) is 9.97 Å². The molecule has 1 aromatic rings. The maximum absolute atomic E-state index is 5.61. The van der Waals surface area contributed by atoms with Crippen LogP contribution in [0.15, 0.2) is 0 Å². The highest BCUT2D eigenvalue weighted by Crippen LogP contribution is 2.35. The first kappa shape index (κ1) is 12.2. The fourth-order valence-electron chi connectivity index (χ4n) is 0.761. The van der Waals surface area contributed by atoms with E-state index in [1.54, 1.807) is 0 Å². The summed E-state index contributed by atoms with van der Waals surface area (Å²) in [5.41, 5.74) is 5.43. The predicted molar refractivity (Wildman–Crippen MR) is 61.0 cm³/mol. The average Bonchev–Trinajstić information content (AvgIpc) is 2.02. The molecule has 1 rings (SSSR count). The minimum atomic E-state index is -1.67. The highest BCUT2D eigenvalue weighted by atomic mass is 79.9. The van der Waals surface area contributed by atoms with E-state index in [0.717, 1.165) is 0 Å².